The molecule has 0 unspecified atom stereocenters. The molecular weight excluding hydrogens is 343 g/mol. The highest BCUT2D eigenvalue weighted by Gasteiger charge is 2.31. The first-order chi connectivity index (χ1) is 11.8. The maximum absolute atomic E-state index is 13.1. The van der Waals surface area contributed by atoms with Crippen molar-refractivity contribution in [1.82, 2.24) is 0 Å². The monoisotopic (exact) mass is 358 g/mol. The predicted molar refractivity (Wildman–Crippen MR) is 95.4 cm³/mol. The molecule has 5 nitrogen and oxygen atoms in total. The van der Waals surface area contributed by atoms with Crippen molar-refractivity contribution in [3.63, 3.8) is 0 Å². The zero-order valence-corrected chi connectivity index (χ0v) is 14.4. The number of carbonyl (C=O) groups is 1. The molecule has 0 aliphatic carbocycles. The molecule has 128 valence electrons. The van der Waals surface area contributed by atoms with Gasteiger partial charge < -0.3 is 5.32 Å². The third-order valence-electron chi connectivity index (χ3n) is 3.80. The second-order valence-corrected chi connectivity index (χ2v) is 7.18. The molecule has 3 rings (SSSR count). The minimum Gasteiger partial charge on any atom is -0.339 e. The lowest BCUT2D eigenvalue weighted by atomic mass is 10.1. The minimum absolute atomic E-state index is 0.0396. The van der Waals surface area contributed by atoms with Gasteiger partial charge in [0.2, 0.25) is 0 Å². The van der Waals surface area contributed by atoms with Crippen LogP contribution >= 0.6 is 0 Å². The molecule has 1 heterocycles. The SMILES string of the molecule is CC(=O)c1cccc(NC2=NS(=O)(=O)C(c3ccc(F)cc3)=C2C)c1. The Kier molecular flexibility index (Phi) is 4.26. The minimum atomic E-state index is -3.88. The van der Waals surface area contributed by atoms with Crippen LogP contribution in [0.2, 0.25) is 0 Å². The molecule has 0 saturated carbocycles. The van der Waals surface area contributed by atoms with Gasteiger partial charge in [0.05, 0.1) is 0 Å². The lowest BCUT2D eigenvalue weighted by molar-refractivity contribution is 0.101. The molecule has 25 heavy (non-hydrogen) atoms. The first-order valence-electron chi connectivity index (χ1n) is 7.48. The fourth-order valence-electron chi connectivity index (χ4n) is 2.57. The standard InChI is InChI=1S/C18H15FN2O3S/c1-11-17(13-6-8-15(19)9-7-13)25(23,24)21-18(11)20-16-5-3-4-14(10-16)12(2)22/h3-10H,1-2H3,(H,20,21). The number of carbonyl (C=O) groups excluding carboxylic acids is 1. The Morgan fingerprint density at radius 3 is 2.44 bits per heavy atom. The summed E-state index contributed by atoms with van der Waals surface area (Å²) >= 11 is 0. The summed E-state index contributed by atoms with van der Waals surface area (Å²) in [5, 5.41) is 2.94. The number of amidine groups is 1. The van der Waals surface area contributed by atoms with Gasteiger partial charge in [0.15, 0.2) is 5.78 Å². The third-order valence-corrected chi connectivity index (χ3v) is 5.28. The van der Waals surface area contributed by atoms with Crippen LogP contribution in [-0.2, 0) is 10.0 Å². The van der Waals surface area contributed by atoms with Crippen molar-refractivity contribution in [2.45, 2.75) is 13.8 Å². The van der Waals surface area contributed by atoms with Crippen LogP contribution in [0.15, 0.2) is 58.5 Å². The van der Waals surface area contributed by atoms with E-state index in [2.05, 4.69) is 9.71 Å². The largest absolute Gasteiger partial charge is 0.339 e. The van der Waals surface area contributed by atoms with E-state index in [4.69, 9.17) is 0 Å². The second kappa shape index (κ2) is 6.25. The fraction of sp³-hybridized carbons (Fsp3) is 0.111. The molecule has 0 bridgehead atoms. The van der Waals surface area contributed by atoms with Gasteiger partial charge in [-0.2, -0.15) is 8.42 Å². The predicted octanol–water partition coefficient (Wildman–Crippen LogP) is 3.61. The lowest BCUT2D eigenvalue weighted by Crippen LogP contribution is -2.11. The van der Waals surface area contributed by atoms with Crippen molar-refractivity contribution in [2.75, 3.05) is 5.32 Å². The Hall–Kier alpha value is -2.80. The first kappa shape index (κ1) is 17.0. The summed E-state index contributed by atoms with van der Waals surface area (Å²) in [6.45, 7) is 3.08. The van der Waals surface area contributed by atoms with Gasteiger partial charge in [0.25, 0.3) is 10.0 Å². The summed E-state index contributed by atoms with van der Waals surface area (Å²) < 4.78 is 41.7. The van der Waals surface area contributed by atoms with E-state index in [9.17, 15) is 17.6 Å². The van der Waals surface area contributed by atoms with Crippen molar-refractivity contribution >= 4 is 32.2 Å². The molecule has 0 aromatic heterocycles. The number of nitrogens with zero attached hydrogens (tertiary/aromatic N) is 1. The van der Waals surface area contributed by atoms with Crippen LogP contribution in [0.3, 0.4) is 0 Å². The first-order valence-corrected chi connectivity index (χ1v) is 8.92. The van der Waals surface area contributed by atoms with Crippen molar-refractivity contribution in [3.8, 4) is 0 Å². The molecule has 7 heteroatoms. The number of rotatable bonds is 3. The number of anilines is 1. The second-order valence-electron chi connectivity index (χ2n) is 5.64. The maximum Gasteiger partial charge on any atom is 0.285 e. The van der Waals surface area contributed by atoms with E-state index in [0.717, 1.165) is 0 Å². The van der Waals surface area contributed by atoms with Gasteiger partial charge in [0.1, 0.15) is 16.6 Å². The van der Waals surface area contributed by atoms with E-state index in [0.29, 0.717) is 22.4 Å². The average Bonchev–Trinajstić information content (AvgIpc) is 2.78. The molecule has 0 amide bonds. The van der Waals surface area contributed by atoms with Crippen LogP contribution < -0.4 is 5.32 Å². The lowest BCUT2D eigenvalue weighted by Gasteiger charge is -2.08. The Morgan fingerprint density at radius 1 is 1.12 bits per heavy atom. The van der Waals surface area contributed by atoms with E-state index < -0.39 is 15.8 Å². The van der Waals surface area contributed by atoms with E-state index in [1.165, 1.54) is 31.2 Å². The Morgan fingerprint density at radius 2 is 1.80 bits per heavy atom. The number of ketones is 1. The normalized spacial score (nSPS) is 15.9. The molecule has 2 aromatic rings. The Balaban J connectivity index is 1.99. The van der Waals surface area contributed by atoms with Gasteiger partial charge in [0, 0.05) is 16.8 Å². The molecule has 0 fully saturated rings. The smallest absolute Gasteiger partial charge is 0.285 e. The summed E-state index contributed by atoms with van der Waals surface area (Å²) in [4.78, 5) is 11.5. The van der Waals surface area contributed by atoms with Crippen molar-refractivity contribution in [2.24, 2.45) is 4.40 Å². The van der Waals surface area contributed by atoms with Crippen LogP contribution in [-0.4, -0.2) is 20.0 Å². The number of hydrogen-bond acceptors (Lipinski definition) is 4. The molecule has 1 aliphatic heterocycles. The van der Waals surface area contributed by atoms with Gasteiger partial charge in [-0.15, -0.1) is 4.40 Å². The summed E-state index contributed by atoms with van der Waals surface area (Å²) in [6.07, 6.45) is 0. The molecule has 0 radical (unpaired) electrons. The number of sulfonamides is 1. The highest BCUT2D eigenvalue weighted by atomic mass is 32.2. The summed E-state index contributed by atoms with van der Waals surface area (Å²) in [7, 11) is -3.88. The summed E-state index contributed by atoms with van der Waals surface area (Å²) in [5.74, 6) is -0.360. The molecule has 1 N–H and O–H groups in total. The van der Waals surface area contributed by atoms with Gasteiger partial charge in [-0.05, 0) is 43.7 Å². The van der Waals surface area contributed by atoms with Crippen molar-refractivity contribution in [3.05, 3.63) is 71.0 Å². The van der Waals surface area contributed by atoms with Crippen LogP contribution in [0.25, 0.3) is 4.91 Å². The van der Waals surface area contributed by atoms with Gasteiger partial charge in [-0.1, -0.05) is 24.3 Å². The summed E-state index contributed by atoms with van der Waals surface area (Å²) in [6, 6.07) is 11.9. The van der Waals surface area contributed by atoms with Crippen molar-refractivity contribution < 1.29 is 17.6 Å². The van der Waals surface area contributed by atoms with E-state index >= 15 is 0 Å². The number of hydrogen-bond donors (Lipinski definition) is 1. The highest BCUT2D eigenvalue weighted by Crippen LogP contribution is 2.33. The van der Waals surface area contributed by atoms with Gasteiger partial charge in [-0.25, -0.2) is 4.39 Å². The zero-order valence-electron chi connectivity index (χ0n) is 13.6. The number of nitrogens with one attached hydrogen (secondary N) is 1. The summed E-state index contributed by atoms with van der Waals surface area (Å²) in [5.41, 5.74) is 1.87. The fourth-order valence-corrected chi connectivity index (χ4v) is 4.00. The Labute approximate surface area is 145 Å². The molecule has 0 atom stereocenters. The number of benzene rings is 2. The van der Waals surface area contributed by atoms with Crippen LogP contribution in [0.1, 0.15) is 29.8 Å². The molecule has 0 saturated heterocycles. The highest BCUT2D eigenvalue weighted by molar-refractivity contribution is 8.00. The van der Waals surface area contributed by atoms with E-state index in [-0.39, 0.29) is 16.5 Å². The Bertz CT molecular complexity index is 1020. The average molecular weight is 358 g/mol. The van der Waals surface area contributed by atoms with Crippen LogP contribution in [0, 0.1) is 5.82 Å². The van der Waals surface area contributed by atoms with Gasteiger partial charge in [-0.3, -0.25) is 4.79 Å². The van der Waals surface area contributed by atoms with E-state index in [1.54, 1.807) is 31.2 Å². The molecular formula is C18H15FN2O3S. The maximum atomic E-state index is 13.1. The zero-order chi connectivity index (χ0) is 18.2. The quantitative estimate of drug-likeness (QED) is 0.851. The van der Waals surface area contributed by atoms with E-state index in [1.807, 2.05) is 0 Å². The van der Waals surface area contributed by atoms with Crippen LogP contribution in [0.4, 0.5) is 10.1 Å². The number of Topliss-reactive ketones (excluding diaryl/α,β-unsaturated/α-hetero) is 1. The topological polar surface area (TPSA) is 75.6 Å². The third kappa shape index (κ3) is 3.36. The van der Waals surface area contributed by atoms with Gasteiger partial charge >= 0.3 is 0 Å². The molecule has 1 aliphatic rings. The van der Waals surface area contributed by atoms with Crippen molar-refractivity contribution in [1.29, 1.82) is 0 Å². The molecule has 2 aromatic carbocycles. The number of halogens is 1. The molecule has 0 spiro atoms. The van der Waals surface area contributed by atoms with Crippen LogP contribution in [0.5, 0.6) is 0 Å².